The van der Waals surface area contributed by atoms with Crippen LogP contribution in [0.1, 0.15) is 17.2 Å². The zero-order valence-corrected chi connectivity index (χ0v) is 11.8. The third-order valence-electron chi connectivity index (χ3n) is 2.85. The van der Waals surface area contributed by atoms with E-state index in [0.29, 0.717) is 0 Å². The van der Waals surface area contributed by atoms with Crippen LogP contribution in [0.25, 0.3) is 0 Å². The Bertz CT molecular complexity index is 504. The minimum Gasteiger partial charge on any atom is -0.318 e. The Morgan fingerprint density at radius 1 is 1.22 bits per heavy atom. The summed E-state index contributed by atoms with van der Waals surface area (Å²) in [6, 6.07) is 8.61. The molecule has 0 radical (unpaired) electrons. The smallest absolute Gasteiger partial charge is 0.143 e. The SMILES string of the molecule is CNCc1ccc(SCc2nnc(C)n2C)cc1. The number of thioether (sulfide) groups is 1. The van der Waals surface area contributed by atoms with E-state index in [4.69, 9.17) is 0 Å². The van der Waals surface area contributed by atoms with E-state index in [1.807, 2.05) is 25.6 Å². The standard InChI is InChI=1S/C13H18N4S/c1-10-15-16-13(17(10)3)9-18-12-6-4-11(5-7-12)8-14-2/h4-7,14H,8-9H2,1-3H3. The first-order valence-corrected chi connectivity index (χ1v) is 6.90. The molecular formula is C13H18N4S. The van der Waals surface area contributed by atoms with Gasteiger partial charge in [-0.25, -0.2) is 0 Å². The third kappa shape index (κ3) is 3.11. The van der Waals surface area contributed by atoms with Crippen molar-refractivity contribution in [1.29, 1.82) is 0 Å². The molecule has 0 aliphatic heterocycles. The molecule has 96 valence electrons. The largest absolute Gasteiger partial charge is 0.318 e. The van der Waals surface area contributed by atoms with Crippen molar-refractivity contribution in [2.45, 2.75) is 24.1 Å². The van der Waals surface area contributed by atoms with E-state index in [9.17, 15) is 0 Å². The van der Waals surface area contributed by atoms with Crippen LogP contribution in [0.5, 0.6) is 0 Å². The molecule has 18 heavy (non-hydrogen) atoms. The second kappa shape index (κ2) is 6.02. The normalized spacial score (nSPS) is 10.8. The van der Waals surface area contributed by atoms with Gasteiger partial charge in [0, 0.05) is 18.5 Å². The summed E-state index contributed by atoms with van der Waals surface area (Å²) in [5.74, 6) is 2.81. The van der Waals surface area contributed by atoms with Crippen molar-refractivity contribution in [3.63, 3.8) is 0 Å². The summed E-state index contributed by atoms with van der Waals surface area (Å²) in [5, 5.41) is 11.4. The van der Waals surface area contributed by atoms with E-state index >= 15 is 0 Å². The van der Waals surface area contributed by atoms with Crippen LogP contribution in [0.15, 0.2) is 29.2 Å². The molecule has 0 saturated carbocycles. The molecule has 0 atom stereocenters. The molecule has 1 N–H and O–H groups in total. The second-order valence-corrected chi connectivity index (χ2v) is 5.23. The minimum absolute atomic E-state index is 0.850. The Morgan fingerprint density at radius 3 is 2.50 bits per heavy atom. The van der Waals surface area contributed by atoms with Gasteiger partial charge in [-0.1, -0.05) is 12.1 Å². The lowest BCUT2D eigenvalue weighted by atomic mass is 10.2. The molecule has 0 saturated heterocycles. The summed E-state index contributed by atoms with van der Waals surface area (Å²) >= 11 is 1.78. The molecule has 1 aromatic heterocycles. The van der Waals surface area contributed by atoms with Crippen molar-refractivity contribution in [3.05, 3.63) is 41.5 Å². The molecule has 0 fully saturated rings. The van der Waals surface area contributed by atoms with Crippen LogP contribution < -0.4 is 5.32 Å². The molecule has 2 rings (SSSR count). The molecule has 0 aliphatic rings. The van der Waals surface area contributed by atoms with E-state index in [1.54, 1.807) is 11.8 Å². The van der Waals surface area contributed by atoms with Crippen molar-refractivity contribution in [3.8, 4) is 0 Å². The van der Waals surface area contributed by atoms with Crippen molar-refractivity contribution >= 4 is 11.8 Å². The molecule has 2 aromatic rings. The number of aromatic nitrogens is 3. The maximum Gasteiger partial charge on any atom is 0.143 e. The highest BCUT2D eigenvalue weighted by molar-refractivity contribution is 7.98. The zero-order valence-electron chi connectivity index (χ0n) is 11.0. The van der Waals surface area contributed by atoms with E-state index in [0.717, 1.165) is 23.9 Å². The summed E-state index contributed by atoms with van der Waals surface area (Å²) < 4.78 is 2.03. The van der Waals surface area contributed by atoms with Crippen LogP contribution in [-0.2, 0) is 19.3 Å². The van der Waals surface area contributed by atoms with Gasteiger partial charge >= 0.3 is 0 Å². The molecule has 0 amide bonds. The van der Waals surface area contributed by atoms with Gasteiger partial charge in [0.05, 0.1) is 5.75 Å². The molecule has 0 aliphatic carbocycles. The number of aryl methyl sites for hydroxylation is 1. The van der Waals surface area contributed by atoms with Gasteiger partial charge in [0.15, 0.2) is 0 Å². The van der Waals surface area contributed by atoms with Crippen molar-refractivity contribution in [2.75, 3.05) is 7.05 Å². The molecule has 0 bridgehead atoms. The Balaban J connectivity index is 1.96. The van der Waals surface area contributed by atoms with E-state index in [-0.39, 0.29) is 0 Å². The van der Waals surface area contributed by atoms with Crippen LogP contribution in [0, 0.1) is 6.92 Å². The topological polar surface area (TPSA) is 42.7 Å². The van der Waals surface area contributed by atoms with Crippen LogP contribution in [-0.4, -0.2) is 21.8 Å². The first-order valence-electron chi connectivity index (χ1n) is 5.92. The lowest BCUT2D eigenvalue weighted by Gasteiger charge is -2.04. The summed E-state index contributed by atoms with van der Waals surface area (Å²) in [6.07, 6.45) is 0. The zero-order chi connectivity index (χ0) is 13.0. The Labute approximate surface area is 112 Å². The number of nitrogens with one attached hydrogen (secondary N) is 1. The van der Waals surface area contributed by atoms with Gasteiger partial charge in [0.25, 0.3) is 0 Å². The van der Waals surface area contributed by atoms with E-state index < -0.39 is 0 Å². The summed E-state index contributed by atoms with van der Waals surface area (Å²) in [5.41, 5.74) is 1.30. The fraction of sp³-hybridized carbons (Fsp3) is 0.385. The highest BCUT2D eigenvalue weighted by Crippen LogP contribution is 2.22. The van der Waals surface area contributed by atoms with Crippen molar-refractivity contribution < 1.29 is 0 Å². The Hall–Kier alpha value is -1.33. The molecular weight excluding hydrogens is 244 g/mol. The quantitative estimate of drug-likeness (QED) is 0.838. The van der Waals surface area contributed by atoms with Crippen LogP contribution >= 0.6 is 11.8 Å². The lowest BCUT2D eigenvalue weighted by Crippen LogP contribution is -2.04. The van der Waals surface area contributed by atoms with E-state index in [1.165, 1.54) is 10.5 Å². The lowest BCUT2D eigenvalue weighted by molar-refractivity contribution is 0.815. The fourth-order valence-corrected chi connectivity index (χ4v) is 2.51. The Kier molecular flexibility index (Phi) is 4.38. The first-order chi connectivity index (χ1) is 8.70. The molecule has 1 aromatic carbocycles. The summed E-state index contributed by atoms with van der Waals surface area (Å²) in [6.45, 7) is 2.88. The monoisotopic (exact) mass is 262 g/mol. The van der Waals surface area contributed by atoms with Gasteiger partial charge in [-0.3, -0.25) is 0 Å². The Morgan fingerprint density at radius 2 is 1.94 bits per heavy atom. The van der Waals surface area contributed by atoms with Crippen LogP contribution in [0.2, 0.25) is 0 Å². The summed E-state index contributed by atoms with van der Waals surface area (Å²) in [4.78, 5) is 1.26. The average molecular weight is 262 g/mol. The highest BCUT2D eigenvalue weighted by Gasteiger charge is 2.05. The fourth-order valence-electron chi connectivity index (χ4n) is 1.63. The number of nitrogens with zero attached hydrogens (tertiary/aromatic N) is 3. The predicted molar refractivity (Wildman–Crippen MR) is 74.5 cm³/mol. The molecule has 4 nitrogen and oxygen atoms in total. The van der Waals surface area contributed by atoms with Gasteiger partial charge in [0.1, 0.15) is 11.6 Å². The van der Waals surface area contributed by atoms with Crippen LogP contribution in [0.4, 0.5) is 0 Å². The average Bonchev–Trinajstić information content (AvgIpc) is 2.70. The molecule has 0 unspecified atom stereocenters. The predicted octanol–water partition coefficient (Wildman–Crippen LogP) is 2.14. The van der Waals surface area contributed by atoms with Gasteiger partial charge < -0.3 is 9.88 Å². The number of hydrogen-bond donors (Lipinski definition) is 1. The third-order valence-corrected chi connectivity index (χ3v) is 3.86. The van der Waals surface area contributed by atoms with E-state index in [2.05, 4.69) is 39.8 Å². The number of rotatable bonds is 5. The van der Waals surface area contributed by atoms with Gasteiger partial charge in [-0.2, -0.15) is 0 Å². The highest BCUT2D eigenvalue weighted by atomic mass is 32.2. The molecule has 0 spiro atoms. The number of benzene rings is 1. The van der Waals surface area contributed by atoms with Crippen molar-refractivity contribution in [1.82, 2.24) is 20.1 Å². The maximum atomic E-state index is 4.16. The second-order valence-electron chi connectivity index (χ2n) is 4.19. The maximum absolute atomic E-state index is 4.16. The van der Waals surface area contributed by atoms with Gasteiger partial charge in [-0.05, 0) is 31.7 Å². The minimum atomic E-state index is 0.850. The number of hydrogen-bond acceptors (Lipinski definition) is 4. The molecule has 1 heterocycles. The van der Waals surface area contributed by atoms with Gasteiger partial charge in [-0.15, -0.1) is 22.0 Å². The summed E-state index contributed by atoms with van der Waals surface area (Å²) in [7, 11) is 3.96. The van der Waals surface area contributed by atoms with Crippen molar-refractivity contribution in [2.24, 2.45) is 7.05 Å². The first kappa shape index (κ1) is 13.1. The van der Waals surface area contributed by atoms with Gasteiger partial charge in [0.2, 0.25) is 0 Å². The van der Waals surface area contributed by atoms with Crippen LogP contribution in [0.3, 0.4) is 0 Å². The molecule has 5 heteroatoms.